The maximum absolute atomic E-state index is 13.1. The predicted molar refractivity (Wildman–Crippen MR) is 114 cm³/mol. The highest BCUT2D eigenvalue weighted by Gasteiger charge is 2.35. The highest BCUT2D eigenvalue weighted by Crippen LogP contribution is 2.39. The van der Waals surface area contributed by atoms with E-state index in [1.807, 2.05) is 0 Å². The van der Waals surface area contributed by atoms with Crippen LogP contribution in [0.1, 0.15) is 11.1 Å². The second-order valence-electron chi connectivity index (χ2n) is 6.03. The Morgan fingerprint density at radius 1 is 1.24 bits per heavy atom. The summed E-state index contributed by atoms with van der Waals surface area (Å²) in [6, 6.07) is 9.18. The van der Waals surface area contributed by atoms with Gasteiger partial charge in [0, 0.05) is 0 Å². The molecule has 0 unspecified atom stereocenters. The van der Waals surface area contributed by atoms with Gasteiger partial charge in [-0.3, -0.25) is 14.5 Å². The molecule has 3 rings (SSSR count). The van der Waals surface area contributed by atoms with E-state index in [1.165, 1.54) is 19.2 Å². The van der Waals surface area contributed by atoms with E-state index in [1.54, 1.807) is 36.4 Å². The molecule has 8 heteroatoms. The van der Waals surface area contributed by atoms with Gasteiger partial charge >= 0.3 is 0 Å². The lowest BCUT2D eigenvalue weighted by molar-refractivity contribution is -0.123. The Hall–Kier alpha value is -2.58. The van der Waals surface area contributed by atoms with Gasteiger partial charge < -0.3 is 9.47 Å². The molecule has 0 aliphatic carbocycles. The monoisotopic (exact) mass is 477 g/mol. The van der Waals surface area contributed by atoms with Gasteiger partial charge in [-0.15, -0.1) is 0 Å². The lowest BCUT2D eigenvalue weighted by Crippen LogP contribution is -2.27. The van der Waals surface area contributed by atoms with Crippen molar-refractivity contribution < 1.29 is 23.5 Å². The molecule has 0 atom stereocenters. The third-order valence-electron chi connectivity index (χ3n) is 4.02. The summed E-state index contributed by atoms with van der Waals surface area (Å²) < 4.78 is 24.7. The van der Waals surface area contributed by atoms with Crippen LogP contribution in [0.15, 0.2) is 58.4 Å². The van der Waals surface area contributed by atoms with E-state index >= 15 is 0 Å². The van der Waals surface area contributed by atoms with Crippen molar-refractivity contribution in [3.63, 3.8) is 0 Å². The van der Waals surface area contributed by atoms with Crippen LogP contribution >= 0.6 is 27.7 Å². The second kappa shape index (κ2) is 9.28. The Morgan fingerprint density at radius 3 is 2.62 bits per heavy atom. The zero-order valence-corrected chi connectivity index (χ0v) is 17.9. The van der Waals surface area contributed by atoms with Crippen molar-refractivity contribution in [1.29, 1.82) is 0 Å². The average Bonchev–Trinajstić information content (AvgIpc) is 2.95. The summed E-state index contributed by atoms with van der Waals surface area (Å²) in [6.45, 7) is 4.02. The molecule has 150 valence electrons. The Kier molecular flexibility index (Phi) is 6.76. The Labute approximate surface area is 180 Å². The number of thioether (sulfide) groups is 1. The molecule has 1 aliphatic rings. The minimum Gasteiger partial charge on any atom is -0.493 e. The summed E-state index contributed by atoms with van der Waals surface area (Å²) in [6.07, 6.45) is 3.25. The molecule has 2 aromatic rings. The van der Waals surface area contributed by atoms with Gasteiger partial charge in [0.25, 0.3) is 11.1 Å². The van der Waals surface area contributed by atoms with E-state index in [0.29, 0.717) is 38.6 Å². The molecule has 0 saturated carbocycles. The van der Waals surface area contributed by atoms with Crippen molar-refractivity contribution in [3.8, 4) is 11.5 Å². The molecular formula is C21H17BrFNO4S. The zero-order chi connectivity index (χ0) is 21.0. The largest absolute Gasteiger partial charge is 0.493 e. The summed E-state index contributed by atoms with van der Waals surface area (Å²) in [5, 5.41) is -0.373. The first-order chi connectivity index (χ1) is 13.9. The van der Waals surface area contributed by atoms with Crippen molar-refractivity contribution in [1.82, 2.24) is 4.90 Å². The van der Waals surface area contributed by atoms with Crippen LogP contribution in [0.3, 0.4) is 0 Å². The van der Waals surface area contributed by atoms with Crippen LogP contribution in [-0.4, -0.2) is 29.8 Å². The Bertz CT molecular complexity index is 991. The van der Waals surface area contributed by atoms with Crippen LogP contribution in [0.2, 0.25) is 0 Å². The maximum Gasteiger partial charge on any atom is 0.293 e. The van der Waals surface area contributed by atoms with E-state index in [0.717, 1.165) is 16.7 Å². The molecule has 0 bridgehead atoms. The predicted octanol–water partition coefficient (Wildman–Crippen LogP) is 5.40. The average molecular weight is 478 g/mol. The van der Waals surface area contributed by atoms with Gasteiger partial charge in [-0.1, -0.05) is 24.8 Å². The minimum atomic E-state index is -0.397. The van der Waals surface area contributed by atoms with Crippen molar-refractivity contribution in [2.45, 2.75) is 6.54 Å². The number of benzene rings is 2. The van der Waals surface area contributed by atoms with Crippen molar-refractivity contribution in [3.05, 3.63) is 75.4 Å². The molecule has 2 aromatic carbocycles. The van der Waals surface area contributed by atoms with E-state index in [2.05, 4.69) is 22.5 Å². The number of amides is 2. The number of carbonyl (C=O) groups excluding carboxylic acids is 2. The van der Waals surface area contributed by atoms with E-state index in [9.17, 15) is 14.0 Å². The lowest BCUT2D eigenvalue weighted by Gasteiger charge is -2.13. The van der Waals surface area contributed by atoms with Crippen LogP contribution in [0.4, 0.5) is 9.18 Å². The van der Waals surface area contributed by atoms with Gasteiger partial charge in [-0.25, -0.2) is 4.39 Å². The van der Waals surface area contributed by atoms with Crippen LogP contribution in [0, 0.1) is 5.82 Å². The number of halogens is 2. The molecule has 1 aliphatic heterocycles. The number of carbonyl (C=O) groups is 2. The van der Waals surface area contributed by atoms with Crippen LogP contribution in [-0.2, 0) is 11.3 Å². The Balaban J connectivity index is 1.84. The SMILES string of the molecule is C=CCOc1c(Br)cc(C=C2SC(=O)N(Cc3ccc(F)cc3)C2=O)cc1OC. The number of hydrogen-bond donors (Lipinski definition) is 0. The summed E-state index contributed by atoms with van der Waals surface area (Å²) in [4.78, 5) is 26.4. The summed E-state index contributed by atoms with van der Waals surface area (Å²) >= 11 is 4.30. The fraction of sp³-hybridized carbons (Fsp3) is 0.143. The molecule has 1 heterocycles. The third kappa shape index (κ3) is 4.89. The van der Waals surface area contributed by atoms with Gasteiger partial charge in [0.2, 0.25) is 0 Å². The molecule has 0 spiro atoms. The van der Waals surface area contributed by atoms with Crippen molar-refractivity contribution in [2.75, 3.05) is 13.7 Å². The number of methoxy groups -OCH3 is 1. The number of rotatable bonds is 7. The smallest absolute Gasteiger partial charge is 0.293 e. The Morgan fingerprint density at radius 2 is 1.97 bits per heavy atom. The molecule has 1 fully saturated rings. The fourth-order valence-corrected chi connectivity index (χ4v) is 4.08. The van der Waals surface area contributed by atoms with Crippen LogP contribution in [0.5, 0.6) is 11.5 Å². The van der Waals surface area contributed by atoms with Gasteiger partial charge in [0.05, 0.1) is 23.0 Å². The summed E-state index contributed by atoms with van der Waals surface area (Å²) in [7, 11) is 1.52. The highest BCUT2D eigenvalue weighted by molar-refractivity contribution is 9.10. The van der Waals surface area contributed by atoms with Crippen LogP contribution in [0.25, 0.3) is 6.08 Å². The minimum absolute atomic E-state index is 0.0869. The van der Waals surface area contributed by atoms with Gasteiger partial charge in [0.1, 0.15) is 12.4 Å². The summed E-state index contributed by atoms with van der Waals surface area (Å²) in [5.74, 6) is 0.237. The molecular weight excluding hydrogens is 461 g/mol. The second-order valence-corrected chi connectivity index (χ2v) is 7.88. The first-order valence-corrected chi connectivity index (χ1v) is 10.1. The lowest BCUT2D eigenvalue weighted by atomic mass is 10.1. The molecule has 1 saturated heterocycles. The molecule has 0 aromatic heterocycles. The molecule has 0 N–H and O–H groups in total. The van der Waals surface area contributed by atoms with Gasteiger partial charge in [0.15, 0.2) is 11.5 Å². The number of ether oxygens (including phenoxy) is 2. The standard InChI is InChI=1S/C21H17BrFNO4S/c1-3-8-28-19-16(22)9-14(10-17(19)27-2)11-18-20(25)24(21(26)29-18)12-13-4-6-15(23)7-5-13/h3-7,9-11H,1,8,12H2,2H3. The number of nitrogens with zero attached hydrogens (tertiary/aromatic N) is 1. The first-order valence-electron chi connectivity index (χ1n) is 8.54. The van der Waals surface area contributed by atoms with Crippen LogP contribution < -0.4 is 9.47 Å². The highest BCUT2D eigenvalue weighted by atomic mass is 79.9. The van der Waals surface area contributed by atoms with Gasteiger partial charge in [-0.2, -0.15) is 0 Å². The third-order valence-corrected chi connectivity index (χ3v) is 5.52. The first kappa shape index (κ1) is 21.1. The van der Waals surface area contributed by atoms with Crippen molar-refractivity contribution in [2.24, 2.45) is 0 Å². The van der Waals surface area contributed by atoms with Crippen molar-refractivity contribution >= 4 is 44.9 Å². The van der Waals surface area contributed by atoms with Gasteiger partial charge in [-0.05, 0) is 69.2 Å². The van der Waals surface area contributed by atoms with E-state index < -0.39 is 5.91 Å². The fourth-order valence-electron chi connectivity index (χ4n) is 2.67. The summed E-state index contributed by atoms with van der Waals surface area (Å²) in [5.41, 5.74) is 1.34. The normalized spacial score (nSPS) is 15.1. The molecule has 2 amide bonds. The quantitative estimate of drug-likeness (QED) is 0.394. The maximum atomic E-state index is 13.1. The topological polar surface area (TPSA) is 55.8 Å². The molecule has 29 heavy (non-hydrogen) atoms. The number of hydrogen-bond acceptors (Lipinski definition) is 5. The van der Waals surface area contributed by atoms with E-state index in [-0.39, 0.29) is 17.6 Å². The molecule has 5 nitrogen and oxygen atoms in total. The zero-order valence-electron chi connectivity index (χ0n) is 15.5. The van der Waals surface area contributed by atoms with E-state index in [4.69, 9.17) is 9.47 Å². The molecule has 0 radical (unpaired) electrons. The number of imide groups is 1.